The third-order valence-corrected chi connectivity index (χ3v) is 5.38. The van der Waals surface area contributed by atoms with E-state index in [9.17, 15) is 18.0 Å². The molecule has 1 amide bonds. The van der Waals surface area contributed by atoms with Gasteiger partial charge in [0.25, 0.3) is 0 Å². The molecule has 0 aliphatic heterocycles. The van der Waals surface area contributed by atoms with Crippen LogP contribution < -0.4 is 5.32 Å². The fourth-order valence-corrected chi connectivity index (χ4v) is 3.67. The van der Waals surface area contributed by atoms with Gasteiger partial charge in [-0.05, 0) is 49.7 Å². The van der Waals surface area contributed by atoms with E-state index >= 15 is 0 Å². The fraction of sp³-hybridized carbons (Fsp3) is 0.455. The van der Waals surface area contributed by atoms with E-state index in [1.54, 1.807) is 0 Å². The maximum absolute atomic E-state index is 12.8. The second-order valence-corrected chi connectivity index (χ2v) is 7.49. The van der Waals surface area contributed by atoms with Crippen molar-refractivity contribution >= 4 is 5.91 Å². The van der Waals surface area contributed by atoms with Crippen molar-refractivity contribution in [2.45, 2.75) is 52.3 Å². The first-order valence-corrected chi connectivity index (χ1v) is 9.84. The van der Waals surface area contributed by atoms with Crippen molar-refractivity contribution in [2.75, 3.05) is 6.54 Å². The molecule has 2 aromatic rings. The third kappa shape index (κ3) is 6.24. The number of carbonyl (C=O) groups is 1. The molecular weight excluding hydrogens is 617 g/mol. The minimum absolute atomic E-state index is 0. The molecule has 0 bridgehead atoms. The number of amides is 1. The summed E-state index contributed by atoms with van der Waals surface area (Å²) in [6.07, 6.45) is 3.26. The summed E-state index contributed by atoms with van der Waals surface area (Å²) in [5, 5.41) is 7.20. The van der Waals surface area contributed by atoms with Crippen LogP contribution in [0.1, 0.15) is 53.4 Å². The van der Waals surface area contributed by atoms with Gasteiger partial charge in [-0.1, -0.05) is 24.1 Å². The van der Waals surface area contributed by atoms with Gasteiger partial charge < -0.3 is 10.1 Å². The number of benzene rings is 1. The van der Waals surface area contributed by atoms with Crippen molar-refractivity contribution in [1.29, 1.82) is 0 Å². The Kier molecular flexibility index (Phi) is 8.81. The molecule has 1 N–H and O–H groups in total. The van der Waals surface area contributed by atoms with Gasteiger partial charge in [-0.25, -0.2) is 0 Å². The zero-order valence-corrected chi connectivity index (χ0v) is 21.3. The van der Waals surface area contributed by atoms with Gasteiger partial charge in [-0.3, -0.25) is 4.68 Å². The maximum atomic E-state index is 12.8. The summed E-state index contributed by atoms with van der Waals surface area (Å²) in [4.78, 5) is 12.2. The second kappa shape index (κ2) is 10.7. The Morgan fingerprint density at radius 1 is 1.40 bits per heavy atom. The van der Waals surface area contributed by atoms with Crippen LogP contribution >= 0.6 is 0 Å². The number of nitrogens with zero attached hydrogens (tertiary/aromatic N) is 2. The minimum atomic E-state index is -4.47. The maximum Gasteiger partial charge on any atom is 0.399 e. The normalized spacial score (nSPS) is 16.6. The zero-order valence-electron chi connectivity index (χ0n) is 17.1. The number of aromatic nitrogens is 2. The van der Waals surface area contributed by atoms with Gasteiger partial charge in [-0.15, -0.1) is 24.3 Å². The molecule has 8 heteroatoms. The molecule has 0 saturated heterocycles. The van der Waals surface area contributed by atoms with Crippen molar-refractivity contribution in [3.8, 4) is 0 Å². The van der Waals surface area contributed by atoms with Gasteiger partial charge in [0.1, 0.15) is 0 Å². The first-order chi connectivity index (χ1) is 13.8. The Bertz CT molecular complexity index is 905. The second-order valence-electron chi connectivity index (χ2n) is 7.49. The number of alkyl halides is 3. The summed E-state index contributed by atoms with van der Waals surface area (Å²) in [5.41, 5.74) is 2.85. The predicted octanol–water partition coefficient (Wildman–Crippen LogP) is 4.73. The van der Waals surface area contributed by atoms with Gasteiger partial charge in [-0.2, -0.15) is 18.3 Å². The van der Waals surface area contributed by atoms with Gasteiger partial charge in [0.2, 0.25) is 0 Å². The van der Waals surface area contributed by atoms with E-state index < -0.39 is 17.6 Å². The summed E-state index contributed by atoms with van der Waals surface area (Å²) in [6.45, 7) is 5.41. The molecule has 1 aliphatic rings. The van der Waals surface area contributed by atoms with Gasteiger partial charge in [0.15, 0.2) is 5.91 Å². The Labute approximate surface area is 198 Å². The van der Waals surface area contributed by atoms with Crippen LogP contribution in [-0.2, 0) is 19.1 Å². The molecule has 1 heterocycles. The molecule has 1 aliphatic carbocycles. The molecule has 160 valence electrons. The van der Waals surface area contributed by atoms with Crippen LogP contribution in [0.4, 0.5) is 13.2 Å². The van der Waals surface area contributed by atoms with Crippen molar-refractivity contribution in [1.82, 2.24) is 15.1 Å². The van der Waals surface area contributed by atoms with E-state index in [2.05, 4.69) is 36.4 Å². The molecule has 1 aromatic carbocycles. The standard InChI is InChI=1S/C22H25F3N3O.U/c1-3-20-15(2)12-27-28(20)14-17-9-7-16(8-10-17)13-26-21(29)18-5-4-6-19(11-18)22(23,24)25;/h4,6,9,11-12,16H,3,7-8,10,13-14H2,1-2H3,(H,26,29);/q-1;. The molecular formula is C22H25F3N3OU-. The first kappa shape index (κ1) is 24.7. The third-order valence-electron chi connectivity index (χ3n) is 5.38. The minimum Gasteiger partial charge on any atom is -0.391 e. The van der Waals surface area contributed by atoms with E-state index in [-0.39, 0.29) is 42.6 Å². The summed E-state index contributed by atoms with van der Waals surface area (Å²) in [5.74, 6) is -0.246. The molecule has 1 unspecified atom stereocenters. The Balaban J connectivity index is 0.00000320. The van der Waals surface area contributed by atoms with Crippen molar-refractivity contribution in [3.63, 3.8) is 0 Å². The number of rotatable bonds is 6. The Hall–Kier alpha value is -1.52. The summed E-state index contributed by atoms with van der Waals surface area (Å²) < 4.78 is 40.4. The quantitative estimate of drug-likeness (QED) is 0.366. The van der Waals surface area contributed by atoms with E-state index in [4.69, 9.17) is 0 Å². The van der Waals surface area contributed by atoms with Crippen molar-refractivity contribution < 1.29 is 49.1 Å². The van der Waals surface area contributed by atoms with E-state index in [1.807, 2.05) is 10.9 Å². The predicted molar refractivity (Wildman–Crippen MR) is 104 cm³/mol. The molecule has 0 saturated carbocycles. The summed E-state index contributed by atoms with van der Waals surface area (Å²) in [7, 11) is 0. The topological polar surface area (TPSA) is 46.9 Å². The number of aryl methyl sites for hydroxylation is 1. The molecule has 0 spiro atoms. The number of halogens is 3. The number of allylic oxidation sites excluding steroid dienone is 2. The molecule has 4 nitrogen and oxygen atoms in total. The average molecular weight is 642 g/mol. The van der Waals surface area contributed by atoms with Gasteiger partial charge >= 0.3 is 6.18 Å². The van der Waals surface area contributed by atoms with Crippen LogP contribution in [0.25, 0.3) is 0 Å². The Morgan fingerprint density at radius 2 is 2.17 bits per heavy atom. The monoisotopic (exact) mass is 642 g/mol. The number of carbonyl (C=O) groups excluding carboxylic acids is 1. The molecule has 3 rings (SSSR count). The molecule has 0 fully saturated rings. The van der Waals surface area contributed by atoms with Crippen molar-refractivity contribution in [3.05, 3.63) is 64.5 Å². The van der Waals surface area contributed by atoms with Gasteiger partial charge in [0, 0.05) is 43.4 Å². The molecule has 0 radical (unpaired) electrons. The van der Waals surface area contributed by atoms with Crippen LogP contribution in [0, 0.1) is 50.0 Å². The average Bonchev–Trinajstić information content (AvgIpc) is 3.05. The van der Waals surface area contributed by atoms with Crippen molar-refractivity contribution in [2.24, 2.45) is 5.92 Å². The number of hydrogen-bond acceptors (Lipinski definition) is 2. The van der Waals surface area contributed by atoms with Crippen LogP contribution in [0.15, 0.2) is 36.0 Å². The van der Waals surface area contributed by atoms with Crippen LogP contribution in [0.3, 0.4) is 0 Å². The zero-order chi connectivity index (χ0) is 21.0. The summed E-state index contributed by atoms with van der Waals surface area (Å²) >= 11 is 0. The summed E-state index contributed by atoms with van der Waals surface area (Å²) in [6, 6.07) is 5.47. The number of hydrogen-bond donors (Lipinski definition) is 1. The smallest absolute Gasteiger partial charge is 0.391 e. The van der Waals surface area contributed by atoms with E-state index in [0.29, 0.717) is 6.54 Å². The van der Waals surface area contributed by atoms with Crippen LogP contribution in [0.5, 0.6) is 0 Å². The SMILES string of the molecule is CCc1c(C)cnn1CC1=CCC(CNC(=O)c2[c-]ccc(C(F)(F)F)c2)CC1.[U]. The molecule has 30 heavy (non-hydrogen) atoms. The first-order valence-electron chi connectivity index (χ1n) is 9.84. The molecule has 1 aromatic heterocycles. The largest absolute Gasteiger partial charge is 0.399 e. The van der Waals surface area contributed by atoms with Gasteiger partial charge in [0.05, 0.1) is 12.7 Å². The van der Waals surface area contributed by atoms with E-state index in [1.165, 1.54) is 16.8 Å². The van der Waals surface area contributed by atoms with E-state index in [0.717, 1.165) is 50.4 Å². The molecule has 1 atom stereocenters. The van der Waals surface area contributed by atoms with Crippen LogP contribution in [0.2, 0.25) is 0 Å². The Morgan fingerprint density at radius 3 is 2.80 bits per heavy atom. The van der Waals surface area contributed by atoms with Crippen LogP contribution in [-0.4, -0.2) is 22.2 Å². The fourth-order valence-electron chi connectivity index (χ4n) is 3.67. The number of nitrogens with one attached hydrogen (secondary N) is 1.